The van der Waals surface area contributed by atoms with Crippen molar-refractivity contribution in [3.8, 4) is 0 Å². The average molecular weight is 278 g/mol. The first-order valence-corrected chi connectivity index (χ1v) is 6.46. The van der Waals surface area contributed by atoms with E-state index < -0.39 is 5.97 Å². The van der Waals surface area contributed by atoms with Crippen LogP contribution >= 0.6 is 0 Å². The van der Waals surface area contributed by atoms with E-state index in [1.807, 2.05) is 6.92 Å². The van der Waals surface area contributed by atoms with E-state index in [0.29, 0.717) is 19.6 Å². The molecule has 2 amide bonds. The molecule has 20 heavy (non-hydrogen) atoms. The van der Waals surface area contributed by atoms with Gasteiger partial charge in [0.15, 0.2) is 0 Å². The smallest absolute Gasteiger partial charge is 0.335 e. The maximum absolute atomic E-state index is 12.2. The lowest BCUT2D eigenvalue weighted by atomic mass is 10.1. The van der Waals surface area contributed by atoms with E-state index in [-0.39, 0.29) is 17.6 Å². The first-order valence-electron chi connectivity index (χ1n) is 6.46. The van der Waals surface area contributed by atoms with Gasteiger partial charge >= 0.3 is 12.0 Å². The Balaban J connectivity index is 2.11. The SMILES string of the molecule is COCC(C)NC(=O)N1CCc2cc(C(=O)O)ccc21. The van der Waals surface area contributed by atoms with Gasteiger partial charge in [0.1, 0.15) is 0 Å². The van der Waals surface area contributed by atoms with Crippen LogP contribution in [0.25, 0.3) is 0 Å². The maximum atomic E-state index is 12.2. The topological polar surface area (TPSA) is 78.9 Å². The van der Waals surface area contributed by atoms with Gasteiger partial charge in [0.25, 0.3) is 0 Å². The summed E-state index contributed by atoms with van der Waals surface area (Å²) in [5.41, 5.74) is 1.91. The lowest BCUT2D eigenvalue weighted by Crippen LogP contribution is -2.44. The van der Waals surface area contributed by atoms with Gasteiger partial charge in [-0.15, -0.1) is 0 Å². The van der Waals surface area contributed by atoms with Crippen molar-refractivity contribution < 1.29 is 19.4 Å². The van der Waals surface area contributed by atoms with E-state index in [1.165, 1.54) is 6.07 Å². The van der Waals surface area contributed by atoms with Crippen molar-refractivity contribution in [3.05, 3.63) is 29.3 Å². The van der Waals surface area contributed by atoms with Gasteiger partial charge in [0, 0.05) is 19.3 Å². The first-order chi connectivity index (χ1) is 9.52. The van der Waals surface area contributed by atoms with Crippen LogP contribution in [0.1, 0.15) is 22.8 Å². The summed E-state index contributed by atoms with van der Waals surface area (Å²) < 4.78 is 4.98. The minimum Gasteiger partial charge on any atom is -0.478 e. The molecule has 2 rings (SSSR count). The minimum atomic E-state index is -0.954. The highest BCUT2D eigenvalue weighted by atomic mass is 16.5. The van der Waals surface area contributed by atoms with Gasteiger partial charge in [0.2, 0.25) is 0 Å². The Hall–Kier alpha value is -2.08. The van der Waals surface area contributed by atoms with Gasteiger partial charge < -0.3 is 15.2 Å². The fourth-order valence-corrected chi connectivity index (χ4v) is 2.33. The van der Waals surface area contributed by atoms with Crippen molar-refractivity contribution in [2.75, 3.05) is 25.2 Å². The van der Waals surface area contributed by atoms with E-state index >= 15 is 0 Å². The van der Waals surface area contributed by atoms with Crippen molar-refractivity contribution in [2.24, 2.45) is 0 Å². The van der Waals surface area contributed by atoms with Gasteiger partial charge in [-0.25, -0.2) is 9.59 Å². The molecule has 0 bridgehead atoms. The minimum absolute atomic E-state index is 0.0742. The molecule has 2 N–H and O–H groups in total. The zero-order valence-electron chi connectivity index (χ0n) is 11.5. The lowest BCUT2D eigenvalue weighted by Gasteiger charge is -2.21. The number of benzene rings is 1. The number of urea groups is 1. The number of carbonyl (C=O) groups excluding carboxylic acids is 1. The van der Waals surface area contributed by atoms with E-state index in [4.69, 9.17) is 9.84 Å². The number of hydrogen-bond donors (Lipinski definition) is 2. The molecule has 108 valence electrons. The summed E-state index contributed by atoms with van der Waals surface area (Å²) in [5, 5.41) is 11.8. The number of methoxy groups -OCH3 is 1. The molecule has 1 aliphatic heterocycles. The van der Waals surface area contributed by atoms with Crippen molar-refractivity contribution in [1.82, 2.24) is 5.32 Å². The summed E-state index contributed by atoms with van der Waals surface area (Å²) >= 11 is 0. The summed E-state index contributed by atoms with van der Waals surface area (Å²) in [7, 11) is 1.58. The number of carboxylic acids is 1. The van der Waals surface area contributed by atoms with Gasteiger partial charge in [-0.1, -0.05) is 0 Å². The molecule has 1 heterocycles. The molecule has 6 heteroatoms. The van der Waals surface area contributed by atoms with E-state index in [0.717, 1.165) is 11.3 Å². The predicted octanol–water partition coefficient (Wildman–Crippen LogP) is 1.49. The van der Waals surface area contributed by atoms with E-state index in [1.54, 1.807) is 24.1 Å². The zero-order chi connectivity index (χ0) is 14.7. The van der Waals surface area contributed by atoms with Crippen molar-refractivity contribution >= 4 is 17.7 Å². The molecule has 0 aromatic heterocycles. The summed E-state index contributed by atoms with van der Waals surface area (Å²) in [4.78, 5) is 24.7. The summed E-state index contributed by atoms with van der Waals surface area (Å²) in [6, 6.07) is 4.58. The molecule has 1 aromatic rings. The molecule has 0 radical (unpaired) electrons. The van der Waals surface area contributed by atoms with Crippen LogP contribution in [0.15, 0.2) is 18.2 Å². The Labute approximate surface area is 117 Å². The van der Waals surface area contributed by atoms with E-state index in [9.17, 15) is 9.59 Å². The molecular formula is C14H18N2O4. The highest BCUT2D eigenvalue weighted by Crippen LogP contribution is 2.28. The Morgan fingerprint density at radius 2 is 2.25 bits per heavy atom. The van der Waals surface area contributed by atoms with Crippen molar-refractivity contribution in [3.63, 3.8) is 0 Å². The van der Waals surface area contributed by atoms with Crippen LogP contribution in [-0.2, 0) is 11.2 Å². The van der Waals surface area contributed by atoms with Gasteiger partial charge in [-0.2, -0.15) is 0 Å². The number of nitrogens with zero attached hydrogens (tertiary/aromatic N) is 1. The number of carboxylic acid groups (broad SMARTS) is 1. The number of rotatable bonds is 4. The van der Waals surface area contributed by atoms with Crippen LogP contribution in [-0.4, -0.2) is 43.4 Å². The molecule has 0 saturated heterocycles. The normalized spacial score (nSPS) is 14.8. The predicted molar refractivity (Wildman–Crippen MR) is 74.3 cm³/mol. The van der Waals surface area contributed by atoms with Crippen LogP contribution < -0.4 is 10.2 Å². The van der Waals surface area contributed by atoms with Gasteiger partial charge in [-0.05, 0) is 37.1 Å². The number of anilines is 1. The fraction of sp³-hybridized carbons (Fsp3) is 0.429. The highest BCUT2D eigenvalue weighted by Gasteiger charge is 2.26. The second kappa shape index (κ2) is 5.92. The maximum Gasteiger partial charge on any atom is 0.335 e. The van der Waals surface area contributed by atoms with Crippen LogP contribution in [0, 0.1) is 0 Å². The van der Waals surface area contributed by atoms with Crippen LogP contribution in [0.4, 0.5) is 10.5 Å². The lowest BCUT2D eigenvalue weighted by molar-refractivity contribution is 0.0697. The Kier molecular flexibility index (Phi) is 4.24. The van der Waals surface area contributed by atoms with Crippen molar-refractivity contribution in [1.29, 1.82) is 0 Å². The van der Waals surface area contributed by atoms with Gasteiger partial charge in [0.05, 0.1) is 18.2 Å². The highest BCUT2D eigenvalue weighted by molar-refractivity contribution is 5.96. The molecule has 0 spiro atoms. The average Bonchev–Trinajstić information content (AvgIpc) is 2.81. The molecule has 0 saturated carbocycles. The number of amides is 2. The zero-order valence-corrected chi connectivity index (χ0v) is 11.5. The Bertz CT molecular complexity index is 530. The van der Waals surface area contributed by atoms with Crippen LogP contribution in [0.5, 0.6) is 0 Å². The molecular weight excluding hydrogens is 260 g/mol. The molecule has 0 fully saturated rings. The van der Waals surface area contributed by atoms with Crippen LogP contribution in [0.2, 0.25) is 0 Å². The third-order valence-corrected chi connectivity index (χ3v) is 3.25. The third-order valence-electron chi connectivity index (χ3n) is 3.25. The van der Waals surface area contributed by atoms with Crippen molar-refractivity contribution in [2.45, 2.75) is 19.4 Å². The largest absolute Gasteiger partial charge is 0.478 e. The third kappa shape index (κ3) is 2.91. The first kappa shape index (κ1) is 14.3. The fourth-order valence-electron chi connectivity index (χ4n) is 2.33. The Morgan fingerprint density at radius 3 is 2.90 bits per heavy atom. The monoisotopic (exact) mass is 278 g/mol. The molecule has 1 aliphatic rings. The summed E-state index contributed by atoms with van der Waals surface area (Å²) in [6.07, 6.45) is 0.669. The summed E-state index contributed by atoms with van der Waals surface area (Å²) in [6.45, 7) is 2.88. The van der Waals surface area contributed by atoms with Crippen LogP contribution in [0.3, 0.4) is 0 Å². The van der Waals surface area contributed by atoms with Gasteiger partial charge in [-0.3, -0.25) is 4.90 Å². The van der Waals surface area contributed by atoms with E-state index in [2.05, 4.69) is 5.32 Å². The second-order valence-corrected chi connectivity index (χ2v) is 4.86. The standard InChI is InChI=1S/C14H18N2O4/c1-9(8-20-2)15-14(19)16-6-5-10-7-11(13(17)18)3-4-12(10)16/h3-4,7,9H,5-6,8H2,1-2H3,(H,15,19)(H,17,18). The number of ether oxygens (including phenoxy) is 1. The number of aromatic carboxylic acids is 1. The molecule has 1 unspecified atom stereocenters. The molecule has 6 nitrogen and oxygen atoms in total. The Morgan fingerprint density at radius 1 is 1.50 bits per heavy atom. The number of fused-ring (bicyclic) bond motifs is 1. The number of hydrogen-bond acceptors (Lipinski definition) is 3. The molecule has 1 atom stereocenters. The summed E-state index contributed by atoms with van der Waals surface area (Å²) in [5.74, 6) is -0.954. The number of nitrogens with one attached hydrogen (secondary N) is 1. The number of carbonyl (C=O) groups is 2. The molecule has 1 aromatic carbocycles. The quantitative estimate of drug-likeness (QED) is 0.874. The second-order valence-electron chi connectivity index (χ2n) is 4.86. The molecule has 0 aliphatic carbocycles.